The molecule has 3 rings (SSSR count). The Kier molecular flexibility index (Phi) is 8.06. The van der Waals surface area contributed by atoms with E-state index >= 15 is 0 Å². The zero-order valence-electron chi connectivity index (χ0n) is 19.0. The van der Waals surface area contributed by atoms with Crippen LogP contribution in [-0.2, 0) is 27.1 Å². The van der Waals surface area contributed by atoms with E-state index in [1.54, 1.807) is 63.2 Å². The van der Waals surface area contributed by atoms with Gasteiger partial charge in [-0.2, -0.15) is 4.83 Å². The van der Waals surface area contributed by atoms with E-state index in [1.807, 2.05) is 12.1 Å². The fourth-order valence-corrected chi connectivity index (χ4v) is 4.63. The summed E-state index contributed by atoms with van der Waals surface area (Å²) < 4.78 is 45.0. The molecular weight excluding hydrogens is 447 g/mol. The maximum Gasteiger partial charge on any atom is 0.413 e. The van der Waals surface area contributed by atoms with Crippen molar-refractivity contribution in [2.24, 2.45) is 0 Å². The summed E-state index contributed by atoms with van der Waals surface area (Å²) in [4.78, 5) is 16.3. The second-order valence-electron chi connectivity index (χ2n) is 8.90. The van der Waals surface area contributed by atoms with Crippen molar-refractivity contribution in [2.75, 3.05) is 13.1 Å². The summed E-state index contributed by atoms with van der Waals surface area (Å²) in [7, 11) is -3.61. The summed E-state index contributed by atoms with van der Waals surface area (Å²) in [5.41, 5.74) is 4.09. The largest absolute Gasteiger partial charge is 0.444 e. The summed E-state index contributed by atoms with van der Waals surface area (Å²) in [5.74, 6) is -0.162. The molecule has 8 nitrogen and oxygen atoms in total. The fourth-order valence-electron chi connectivity index (χ4n) is 3.64. The molecule has 1 aliphatic rings. The van der Waals surface area contributed by atoms with E-state index in [0.717, 1.165) is 10.5 Å². The molecule has 2 unspecified atom stereocenters. The van der Waals surface area contributed by atoms with Crippen LogP contribution in [0.15, 0.2) is 54.6 Å². The van der Waals surface area contributed by atoms with Gasteiger partial charge in [0, 0.05) is 19.6 Å². The van der Waals surface area contributed by atoms with E-state index in [0.29, 0.717) is 17.7 Å². The number of benzene rings is 2. The van der Waals surface area contributed by atoms with Crippen LogP contribution in [-0.4, -0.2) is 44.4 Å². The van der Waals surface area contributed by atoms with Gasteiger partial charge in [-0.3, -0.25) is 4.90 Å². The zero-order valence-corrected chi connectivity index (χ0v) is 19.9. The highest BCUT2D eigenvalue weighted by atomic mass is 32.2. The van der Waals surface area contributed by atoms with E-state index < -0.39 is 34.1 Å². The highest BCUT2D eigenvalue weighted by Crippen LogP contribution is 2.30. The molecule has 0 aliphatic carbocycles. The first-order chi connectivity index (χ1) is 15.6. The van der Waals surface area contributed by atoms with Crippen LogP contribution in [0.3, 0.4) is 0 Å². The molecule has 1 heterocycles. The van der Waals surface area contributed by atoms with Crippen LogP contribution in [0.4, 0.5) is 9.18 Å². The van der Waals surface area contributed by atoms with Crippen LogP contribution in [0.1, 0.15) is 43.5 Å². The summed E-state index contributed by atoms with van der Waals surface area (Å²) in [6.45, 7) is 5.70. The van der Waals surface area contributed by atoms with Crippen molar-refractivity contribution in [3.05, 3.63) is 71.3 Å². The Morgan fingerprint density at radius 1 is 1.12 bits per heavy atom. The monoisotopic (exact) mass is 478 g/mol. The molecule has 180 valence electrons. The number of halogens is 1. The smallest absolute Gasteiger partial charge is 0.413 e. The molecular formula is C23H31FN4O4S. The minimum absolute atomic E-state index is 0.00937. The third-order valence-electron chi connectivity index (χ3n) is 5.01. The number of hydrogen-bond acceptors (Lipinski definition) is 6. The van der Waals surface area contributed by atoms with Gasteiger partial charge in [0.05, 0.1) is 11.8 Å². The Balaban J connectivity index is 1.72. The molecule has 2 aromatic rings. The van der Waals surface area contributed by atoms with Gasteiger partial charge in [0.2, 0.25) is 10.0 Å². The molecule has 1 amide bonds. The normalized spacial score (nSPS) is 19.3. The molecule has 0 spiro atoms. The number of carbonyl (C=O) groups is 1. The van der Waals surface area contributed by atoms with Crippen molar-refractivity contribution in [1.29, 1.82) is 0 Å². The van der Waals surface area contributed by atoms with Gasteiger partial charge in [0.15, 0.2) is 6.30 Å². The Morgan fingerprint density at radius 2 is 1.79 bits per heavy atom. The number of hydrogen-bond donors (Lipinski definition) is 3. The van der Waals surface area contributed by atoms with E-state index in [2.05, 4.69) is 15.6 Å². The Bertz CT molecular complexity index is 1040. The molecule has 0 aromatic heterocycles. The van der Waals surface area contributed by atoms with Crippen LogP contribution in [0.2, 0.25) is 0 Å². The summed E-state index contributed by atoms with van der Waals surface area (Å²) in [6, 6.07) is 15.5. The Hall–Kier alpha value is -2.53. The first kappa shape index (κ1) is 25.1. The number of ether oxygens (including phenoxy) is 1. The van der Waals surface area contributed by atoms with Crippen molar-refractivity contribution >= 4 is 16.1 Å². The van der Waals surface area contributed by atoms with Gasteiger partial charge in [-0.15, -0.1) is 0 Å². The number of carbonyl (C=O) groups excluding carboxylic acids is 1. The lowest BCUT2D eigenvalue weighted by molar-refractivity contribution is -0.0291. The van der Waals surface area contributed by atoms with E-state index in [4.69, 9.17) is 4.74 Å². The molecule has 1 aliphatic heterocycles. The number of rotatable bonds is 7. The van der Waals surface area contributed by atoms with Gasteiger partial charge < -0.3 is 10.1 Å². The molecule has 0 bridgehead atoms. The maximum absolute atomic E-state index is 14.8. The third kappa shape index (κ3) is 7.23. The zero-order chi connectivity index (χ0) is 24.1. The van der Waals surface area contributed by atoms with Gasteiger partial charge in [0.1, 0.15) is 5.60 Å². The Labute approximate surface area is 194 Å². The number of piperazine rings is 1. The summed E-state index contributed by atoms with van der Waals surface area (Å²) in [6.07, 6.45) is -2.28. The molecule has 0 radical (unpaired) electrons. The van der Waals surface area contributed by atoms with Crippen LogP contribution in [0, 0.1) is 0 Å². The minimum atomic E-state index is -3.61. The number of amides is 1. The average molecular weight is 479 g/mol. The minimum Gasteiger partial charge on any atom is -0.444 e. The number of sulfonamides is 1. The Morgan fingerprint density at radius 3 is 2.48 bits per heavy atom. The molecule has 33 heavy (non-hydrogen) atoms. The number of nitrogens with zero attached hydrogens (tertiary/aromatic N) is 1. The molecule has 1 saturated heterocycles. The number of hydrazine groups is 1. The first-order valence-electron chi connectivity index (χ1n) is 10.8. The van der Waals surface area contributed by atoms with Crippen LogP contribution >= 0.6 is 0 Å². The molecule has 1 fully saturated rings. The van der Waals surface area contributed by atoms with Crippen molar-refractivity contribution in [1.82, 2.24) is 20.5 Å². The first-order valence-corrected chi connectivity index (χ1v) is 12.4. The molecule has 10 heteroatoms. The van der Waals surface area contributed by atoms with Crippen molar-refractivity contribution in [2.45, 2.75) is 51.0 Å². The summed E-state index contributed by atoms with van der Waals surface area (Å²) >= 11 is 0. The second-order valence-corrected chi connectivity index (χ2v) is 10.6. The van der Waals surface area contributed by atoms with Gasteiger partial charge in [-0.05, 0) is 37.5 Å². The number of nitrogens with one attached hydrogen (secondary N) is 3. The topological polar surface area (TPSA) is 99.8 Å². The van der Waals surface area contributed by atoms with Crippen LogP contribution in [0.25, 0.3) is 0 Å². The van der Waals surface area contributed by atoms with Crippen LogP contribution < -0.4 is 15.6 Å². The quantitative estimate of drug-likeness (QED) is 0.418. The molecule has 3 N–H and O–H groups in total. The van der Waals surface area contributed by atoms with Crippen molar-refractivity contribution < 1.29 is 22.3 Å². The van der Waals surface area contributed by atoms with Gasteiger partial charge in [0.25, 0.3) is 0 Å². The second kappa shape index (κ2) is 10.6. The summed E-state index contributed by atoms with van der Waals surface area (Å²) in [5, 5.41) is 3.01. The fraction of sp³-hybridized carbons (Fsp3) is 0.435. The average Bonchev–Trinajstić information content (AvgIpc) is 2.73. The van der Waals surface area contributed by atoms with Crippen molar-refractivity contribution in [3.63, 3.8) is 0 Å². The van der Waals surface area contributed by atoms with E-state index in [9.17, 15) is 17.6 Å². The van der Waals surface area contributed by atoms with Crippen LogP contribution in [0.5, 0.6) is 0 Å². The molecule has 0 saturated carbocycles. The standard InChI is InChI=1S/C23H31FN4O4S/c1-23(2,3)32-22(29)28-20(14-25-15-21(28)24)19-12-8-7-11-18(19)13-26-27-33(30,31)16-17-9-5-4-6-10-17/h4-12,20-21,25-27H,13-16H2,1-3H3. The SMILES string of the molecule is CC(C)(C)OC(=O)N1C(F)CNCC1c1ccccc1CNNS(=O)(=O)Cc1ccccc1. The predicted octanol–water partition coefficient (Wildman–Crippen LogP) is 2.99. The van der Waals surface area contributed by atoms with Gasteiger partial charge in [-0.1, -0.05) is 54.6 Å². The third-order valence-corrected chi connectivity index (χ3v) is 6.18. The van der Waals surface area contributed by atoms with E-state index in [-0.39, 0.29) is 18.8 Å². The lowest BCUT2D eigenvalue weighted by Gasteiger charge is -2.40. The lowest BCUT2D eigenvalue weighted by Crippen LogP contribution is -2.54. The predicted molar refractivity (Wildman–Crippen MR) is 124 cm³/mol. The molecule has 2 atom stereocenters. The highest BCUT2D eigenvalue weighted by molar-refractivity contribution is 7.88. The van der Waals surface area contributed by atoms with E-state index in [1.165, 1.54) is 0 Å². The highest BCUT2D eigenvalue weighted by Gasteiger charge is 2.38. The van der Waals surface area contributed by atoms with Crippen molar-refractivity contribution in [3.8, 4) is 0 Å². The van der Waals surface area contributed by atoms with Gasteiger partial charge >= 0.3 is 6.09 Å². The lowest BCUT2D eigenvalue weighted by atomic mass is 9.97. The number of alkyl halides is 1. The molecule has 2 aromatic carbocycles. The maximum atomic E-state index is 14.8. The van der Waals surface area contributed by atoms with Gasteiger partial charge in [-0.25, -0.2) is 23.0 Å².